The summed E-state index contributed by atoms with van der Waals surface area (Å²) in [7, 11) is 0. The van der Waals surface area contributed by atoms with Crippen molar-refractivity contribution in [3.05, 3.63) is 35.9 Å². The lowest BCUT2D eigenvalue weighted by Crippen LogP contribution is -2.32. The number of rotatable bonds is 6. The second-order valence-electron chi connectivity index (χ2n) is 3.10. The van der Waals surface area contributed by atoms with Gasteiger partial charge in [0.25, 0.3) is 0 Å². The fourth-order valence-corrected chi connectivity index (χ4v) is 1.03. The highest BCUT2D eigenvalue weighted by atomic mass is 16.7. The molecule has 0 heterocycles. The Morgan fingerprint density at radius 2 is 2.00 bits per heavy atom. The molecule has 0 spiro atoms. The van der Waals surface area contributed by atoms with Crippen LogP contribution in [-0.2, 0) is 21.0 Å². The molecular formula is C11H13NO3. The molecule has 0 fully saturated rings. The Bertz CT molecular complexity index is 313. The van der Waals surface area contributed by atoms with Crippen molar-refractivity contribution in [1.82, 2.24) is 5.06 Å². The minimum absolute atomic E-state index is 0.276. The summed E-state index contributed by atoms with van der Waals surface area (Å²) in [6.07, 6.45) is 1.15. The molecule has 0 saturated heterocycles. The van der Waals surface area contributed by atoms with Crippen molar-refractivity contribution < 1.29 is 14.4 Å². The van der Waals surface area contributed by atoms with E-state index >= 15 is 0 Å². The zero-order valence-electron chi connectivity index (χ0n) is 8.50. The van der Waals surface area contributed by atoms with Crippen molar-refractivity contribution in [1.29, 1.82) is 0 Å². The molecule has 1 unspecified atom stereocenters. The largest absolute Gasteiger partial charge is 0.301 e. The lowest BCUT2D eigenvalue weighted by Gasteiger charge is -2.19. The summed E-state index contributed by atoms with van der Waals surface area (Å²) in [6, 6.07) is 8.87. The molecule has 0 aliphatic rings. The van der Waals surface area contributed by atoms with Gasteiger partial charge >= 0.3 is 0 Å². The maximum absolute atomic E-state index is 10.6. The first kappa shape index (κ1) is 11.4. The van der Waals surface area contributed by atoms with Gasteiger partial charge in [0, 0.05) is 0 Å². The second-order valence-corrected chi connectivity index (χ2v) is 3.10. The molecule has 0 aliphatic heterocycles. The zero-order valence-corrected chi connectivity index (χ0v) is 8.50. The Balaban J connectivity index is 2.48. The Morgan fingerprint density at radius 3 is 2.53 bits per heavy atom. The third-order valence-electron chi connectivity index (χ3n) is 1.93. The average molecular weight is 207 g/mol. The van der Waals surface area contributed by atoms with Crippen molar-refractivity contribution in [2.45, 2.75) is 19.6 Å². The lowest BCUT2D eigenvalue weighted by molar-refractivity contribution is -0.189. The van der Waals surface area contributed by atoms with Crippen LogP contribution in [0.15, 0.2) is 30.3 Å². The summed E-state index contributed by atoms with van der Waals surface area (Å²) < 4.78 is 0. The van der Waals surface area contributed by atoms with E-state index in [4.69, 9.17) is 4.84 Å². The van der Waals surface area contributed by atoms with E-state index in [-0.39, 0.29) is 6.61 Å². The van der Waals surface area contributed by atoms with Gasteiger partial charge in [-0.3, -0.25) is 9.63 Å². The summed E-state index contributed by atoms with van der Waals surface area (Å²) in [5.74, 6) is 0. The second kappa shape index (κ2) is 5.93. The van der Waals surface area contributed by atoms with Crippen LogP contribution in [0.2, 0.25) is 0 Å². The molecule has 0 radical (unpaired) electrons. The van der Waals surface area contributed by atoms with E-state index in [1.165, 1.54) is 0 Å². The molecule has 1 aromatic carbocycles. The molecule has 1 aromatic rings. The van der Waals surface area contributed by atoms with Crippen LogP contribution in [0.25, 0.3) is 0 Å². The smallest absolute Gasteiger partial charge is 0.234 e. The fourth-order valence-electron chi connectivity index (χ4n) is 1.03. The Labute approximate surface area is 88.4 Å². The van der Waals surface area contributed by atoms with Crippen LogP contribution in [0.3, 0.4) is 0 Å². The number of hydrogen-bond donors (Lipinski definition) is 0. The van der Waals surface area contributed by atoms with Crippen LogP contribution in [0.4, 0.5) is 0 Å². The molecule has 4 heteroatoms. The van der Waals surface area contributed by atoms with E-state index in [2.05, 4.69) is 0 Å². The van der Waals surface area contributed by atoms with Gasteiger partial charge in [-0.15, -0.1) is 0 Å². The number of carbonyl (C=O) groups is 2. The third kappa shape index (κ3) is 3.52. The van der Waals surface area contributed by atoms with E-state index in [0.717, 1.165) is 10.6 Å². The molecule has 1 amide bonds. The standard InChI is InChI=1S/C11H13NO3/c1-10(7-13)12(9-14)15-8-11-5-3-2-4-6-11/h2-7,9-10H,8H2,1H3. The minimum atomic E-state index is -0.564. The van der Waals surface area contributed by atoms with Crippen molar-refractivity contribution in [2.24, 2.45) is 0 Å². The number of amides is 1. The number of aldehydes is 1. The van der Waals surface area contributed by atoms with Crippen molar-refractivity contribution in [3.63, 3.8) is 0 Å². The average Bonchev–Trinajstić information content (AvgIpc) is 2.31. The zero-order chi connectivity index (χ0) is 11.1. The predicted molar refractivity (Wildman–Crippen MR) is 54.7 cm³/mol. The van der Waals surface area contributed by atoms with Crippen LogP contribution in [0.1, 0.15) is 12.5 Å². The number of hydroxylamine groups is 2. The molecule has 0 aliphatic carbocycles. The summed E-state index contributed by atoms with van der Waals surface area (Å²) >= 11 is 0. The Kier molecular flexibility index (Phi) is 4.50. The van der Waals surface area contributed by atoms with Gasteiger partial charge in [-0.2, -0.15) is 0 Å². The monoisotopic (exact) mass is 207 g/mol. The van der Waals surface area contributed by atoms with Crippen LogP contribution in [0, 0.1) is 0 Å². The van der Waals surface area contributed by atoms with Gasteiger partial charge in [-0.05, 0) is 12.5 Å². The molecule has 1 rings (SSSR count). The van der Waals surface area contributed by atoms with E-state index in [1.807, 2.05) is 30.3 Å². The Hall–Kier alpha value is -1.68. The first-order valence-electron chi connectivity index (χ1n) is 4.63. The summed E-state index contributed by atoms with van der Waals surface area (Å²) in [6.45, 7) is 1.87. The van der Waals surface area contributed by atoms with Gasteiger partial charge < -0.3 is 4.79 Å². The molecule has 4 nitrogen and oxygen atoms in total. The molecule has 80 valence electrons. The normalized spacial score (nSPS) is 11.8. The highest BCUT2D eigenvalue weighted by molar-refractivity contribution is 5.62. The van der Waals surface area contributed by atoms with Crippen LogP contribution >= 0.6 is 0 Å². The van der Waals surface area contributed by atoms with Gasteiger partial charge in [0.05, 0.1) is 0 Å². The lowest BCUT2D eigenvalue weighted by atomic mass is 10.2. The van der Waals surface area contributed by atoms with Crippen molar-refractivity contribution in [3.8, 4) is 0 Å². The van der Waals surface area contributed by atoms with Crippen LogP contribution in [-0.4, -0.2) is 23.8 Å². The highest BCUT2D eigenvalue weighted by Gasteiger charge is 2.10. The van der Waals surface area contributed by atoms with E-state index in [1.54, 1.807) is 6.92 Å². The number of benzene rings is 1. The number of nitrogens with zero attached hydrogens (tertiary/aromatic N) is 1. The molecule has 0 aromatic heterocycles. The van der Waals surface area contributed by atoms with E-state index in [0.29, 0.717) is 12.7 Å². The van der Waals surface area contributed by atoms with Gasteiger partial charge in [-0.25, -0.2) is 5.06 Å². The first-order chi connectivity index (χ1) is 7.27. The highest BCUT2D eigenvalue weighted by Crippen LogP contribution is 2.03. The molecule has 1 atom stereocenters. The SMILES string of the molecule is CC(C=O)N(C=O)OCc1ccccc1. The van der Waals surface area contributed by atoms with Gasteiger partial charge in [0.2, 0.25) is 6.41 Å². The molecule has 15 heavy (non-hydrogen) atoms. The van der Waals surface area contributed by atoms with Crippen molar-refractivity contribution in [2.75, 3.05) is 0 Å². The molecular weight excluding hydrogens is 194 g/mol. The van der Waals surface area contributed by atoms with Crippen molar-refractivity contribution >= 4 is 12.7 Å². The van der Waals surface area contributed by atoms with Gasteiger partial charge in [-0.1, -0.05) is 30.3 Å². The number of hydrogen-bond acceptors (Lipinski definition) is 3. The van der Waals surface area contributed by atoms with Gasteiger partial charge in [0.1, 0.15) is 18.9 Å². The molecule has 0 bridgehead atoms. The fraction of sp³-hybridized carbons (Fsp3) is 0.273. The molecule has 0 saturated carbocycles. The summed E-state index contributed by atoms with van der Waals surface area (Å²) in [5, 5.41) is 1.00. The predicted octanol–water partition coefficient (Wildman–Crippen LogP) is 1.16. The van der Waals surface area contributed by atoms with E-state index in [9.17, 15) is 9.59 Å². The third-order valence-corrected chi connectivity index (χ3v) is 1.93. The number of carbonyl (C=O) groups excluding carboxylic acids is 2. The van der Waals surface area contributed by atoms with E-state index < -0.39 is 6.04 Å². The first-order valence-corrected chi connectivity index (χ1v) is 4.63. The Morgan fingerprint density at radius 1 is 1.33 bits per heavy atom. The van der Waals surface area contributed by atoms with Crippen LogP contribution < -0.4 is 0 Å². The quantitative estimate of drug-likeness (QED) is 0.519. The van der Waals surface area contributed by atoms with Gasteiger partial charge in [0.15, 0.2) is 0 Å². The summed E-state index contributed by atoms with van der Waals surface area (Å²) in [4.78, 5) is 26.2. The van der Waals surface area contributed by atoms with Crippen LogP contribution in [0.5, 0.6) is 0 Å². The maximum Gasteiger partial charge on any atom is 0.234 e. The minimum Gasteiger partial charge on any atom is -0.301 e. The summed E-state index contributed by atoms with van der Waals surface area (Å²) in [5.41, 5.74) is 0.947. The molecule has 0 N–H and O–H groups in total. The maximum atomic E-state index is 10.6. The topological polar surface area (TPSA) is 46.6 Å².